The lowest BCUT2D eigenvalue weighted by Gasteiger charge is -2.37. The molecule has 0 fully saturated rings. The number of allylic oxidation sites excluding steroid dienone is 2. The monoisotopic (exact) mass is 204 g/mol. The molecule has 0 saturated heterocycles. The summed E-state index contributed by atoms with van der Waals surface area (Å²) < 4.78 is 1.05. The second-order valence-corrected chi connectivity index (χ2v) is 5.46. The fourth-order valence-corrected chi connectivity index (χ4v) is 2.75. The minimum Gasteiger partial charge on any atom is -0.324 e. The van der Waals surface area contributed by atoms with Crippen LogP contribution in [-0.4, -0.2) is 31.7 Å². The van der Waals surface area contributed by atoms with E-state index in [2.05, 4.69) is 32.8 Å². The molecule has 1 nitrogen and oxygen atoms in total. The zero-order chi connectivity index (χ0) is 10.9. The molecule has 2 aliphatic carbocycles. The molecule has 2 aliphatic rings. The quantitative estimate of drug-likeness (QED) is 0.488. The van der Waals surface area contributed by atoms with E-state index in [1.165, 1.54) is 25.8 Å². The van der Waals surface area contributed by atoms with Gasteiger partial charge in [-0.3, -0.25) is 0 Å². The van der Waals surface area contributed by atoms with Crippen LogP contribution in [-0.2, 0) is 0 Å². The maximum atomic E-state index is 3.84. The Morgan fingerprint density at radius 3 is 2.87 bits per heavy atom. The van der Waals surface area contributed by atoms with Gasteiger partial charge >= 0.3 is 0 Å². The molecule has 82 valence electrons. The van der Waals surface area contributed by atoms with Gasteiger partial charge in [-0.1, -0.05) is 29.9 Å². The highest BCUT2D eigenvalue weighted by molar-refractivity contribution is 5.34. The lowest BCUT2D eigenvalue weighted by molar-refractivity contribution is -0.886. The van der Waals surface area contributed by atoms with Gasteiger partial charge < -0.3 is 4.48 Å². The van der Waals surface area contributed by atoms with Crippen molar-refractivity contribution in [3.63, 3.8) is 0 Å². The summed E-state index contributed by atoms with van der Waals surface area (Å²) in [5, 5.41) is 0. The van der Waals surface area contributed by atoms with Crippen LogP contribution in [0.2, 0.25) is 0 Å². The zero-order valence-corrected chi connectivity index (χ0v) is 10.00. The van der Waals surface area contributed by atoms with Crippen molar-refractivity contribution in [2.75, 3.05) is 27.2 Å². The van der Waals surface area contributed by atoms with E-state index in [1.807, 2.05) is 6.08 Å². The van der Waals surface area contributed by atoms with E-state index >= 15 is 0 Å². The van der Waals surface area contributed by atoms with Gasteiger partial charge in [0, 0.05) is 5.92 Å². The van der Waals surface area contributed by atoms with Gasteiger partial charge in [-0.2, -0.15) is 0 Å². The van der Waals surface area contributed by atoms with Crippen LogP contribution < -0.4 is 0 Å². The molecule has 1 heteroatoms. The summed E-state index contributed by atoms with van der Waals surface area (Å²) >= 11 is 0. The molecule has 1 atom stereocenters. The summed E-state index contributed by atoms with van der Waals surface area (Å²) in [5.74, 6) is 0.706. The highest BCUT2D eigenvalue weighted by Crippen LogP contribution is 2.40. The van der Waals surface area contributed by atoms with Crippen LogP contribution in [0.1, 0.15) is 19.3 Å². The van der Waals surface area contributed by atoms with Gasteiger partial charge in [-0.25, -0.2) is 0 Å². The van der Waals surface area contributed by atoms with Gasteiger partial charge in [0.1, 0.15) is 0 Å². The summed E-state index contributed by atoms with van der Waals surface area (Å²) in [7, 11) is 4.59. The first-order valence-corrected chi connectivity index (χ1v) is 5.93. The van der Waals surface area contributed by atoms with Crippen molar-refractivity contribution in [1.82, 2.24) is 0 Å². The molecule has 15 heavy (non-hydrogen) atoms. The van der Waals surface area contributed by atoms with E-state index in [-0.39, 0.29) is 0 Å². The maximum Gasteiger partial charge on any atom is 0.0967 e. The molecule has 0 aromatic heterocycles. The molecule has 0 bridgehead atoms. The Hall–Kier alpha value is -0.820. The Kier molecular flexibility index (Phi) is 2.83. The predicted molar refractivity (Wildman–Crippen MR) is 65.5 cm³/mol. The van der Waals surface area contributed by atoms with Crippen LogP contribution in [0.5, 0.6) is 0 Å². The highest BCUT2D eigenvalue weighted by atomic mass is 15.3. The third-order valence-corrected chi connectivity index (χ3v) is 3.64. The van der Waals surface area contributed by atoms with Crippen LogP contribution in [0.25, 0.3) is 0 Å². The summed E-state index contributed by atoms with van der Waals surface area (Å²) in [5.41, 5.74) is 3.47. The number of hydrogen-bond donors (Lipinski definition) is 0. The van der Waals surface area contributed by atoms with E-state index < -0.39 is 0 Å². The first-order chi connectivity index (χ1) is 7.12. The Morgan fingerprint density at radius 1 is 1.47 bits per heavy atom. The topological polar surface area (TPSA) is 0 Å². The Balaban J connectivity index is 2.02. The summed E-state index contributed by atoms with van der Waals surface area (Å²) in [6.07, 6.45) is 10.7. The first kappa shape index (κ1) is 10.7. The SMILES string of the molecule is C=CC[N+](C)(C)CC1C=CCC2=C1CC2. The molecule has 0 N–H and O–H groups in total. The average molecular weight is 204 g/mol. The molecule has 0 saturated carbocycles. The van der Waals surface area contributed by atoms with Crippen molar-refractivity contribution in [2.45, 2.75) is 19.3 Å². The number of nitrogens with zero attached hydrogens (tertiary/aromatic N) is 1. The van der Waals surface area contributed by atoms with E-state index in [0.717, 1.165) is 11.0 Å². The second-order valence-electron chi connectivity index (χ2n) is 5.46. The largest absolute Gasteiger partial charge is 0.324 e. The molecular weight excluding hydrogens is 182 g/mol. The summed E-state index contributed by atoms with van der Waals surface area (Å²) in [6, 6.07) is 0. The van der Waals surface area contributed by atoms with Crippen molar-refractivity contribution in [3.8, 4) is 0 Å². The number of likely N-dealkylation sites (N-methyl/N-ethyl adjacent to an activating group) is 1. The van der Waals surface area contributed by atoms with Crippen molar-refractivity contribution in [3.05, 3.63) is 36.0 Å². The van der Waals surface area contributed by atoms with Gasteiger partial charge in [-0.05, 0) is 25.3 Å². The molecule has 1 unspecified atom stereocenters. The van der Waals surface area contributed by atoms with Crippen LogP contribution >= 0.6 is 0 Å². The van der Waals surface area contributed by atoms with Gasteiger partial charge in [0.2, 0.25) is 0 Å². The summed E-state index contributed by atoms with van der Waals surface area (Å²) in [4.78, 5) is 0. The van der Waals surface area contributed by atoms with E-state index in [0.29, 0.717) is 5.92 Å². The minimum atomic E-state index is 0.706. The molecule has 2 rings (SSSR count). The van der Waals surface area contributed by atoms with Crippen molar-refractivity contribution in [1.29, 1.82) is 0 Å². The smallest absolute Gasteiger partial charge is 0.0967 e. The molecule has 0 aromatic rings. The maximum absolute atomic E-state index is 3.84. The minimum absolute atomic E-state index is 0.706. The number of hydrogen-bond acceptors (Lipinski definition) is 0. The predicted octanol–water partition coefficient (Wildman–Crippen LogP) is 2.92. The van der Waals surface area contributed by atoms with Gasteiger partial charge in [-0.15, -0.1) is 0 Å². The van der Waals surface area contributed by atoms with Gasteiger partial charge in [0.25, 0.3) is 0 Å². The molecule has 0 aliphatic heterocycles. The third kappa shape index (κ3) is 2.23. The number of quaternary nitrogens is 1. The van der Waals surface area contributed by atoms with Crippen LogP contribution in [0.4, 0.5) is 0 Å². The molecule has 0 aromatic carbocycles. The molecule has 0 amide bonds. The number of rotatable bonds is 4. The normalized spacial score (nSPS) is 24.8. The Labute approximate surface area is 93.4 Å². The van der Waals surface area contributed by atoms with Crippen LogP contribution in [0.3, 0.4) is 0 Å². The van der Waals surface area contributed by atoms with Crippen molar-refractivity contribution < 1.29 is 4.48 Å². The Bertz CT molecular complexity index is 320. The molecule has 0 radical (unpaired) electrons. The molecule has 0 spiro atoms. The van der Waals surface area contributed by atoms with E-state index in [9.17, 15) is 0 Å². The lowest BCUT2D eigenvalue weighted by atomic mass is 9.75. The summed E-state index contributed by atoms with van der Waals surface area (Å²) in [6.45, 7) is 6.13. The lowest BCUT2D eigenvalue weighted by Crippen LogP contribution is -2.44. The van der Waals surface area contributed by atoms with Crippen LogP contribution in [0, 0.1) is 5.92 Å². The first-order valence-electron chi connectivity index (χ1n) is 5.93. The highest BCUT2D eigenvalue weighted by Gasteiger charge is 2.29. The fraction of sp³-hybridized carbons (Fsp3) is 0.571. The second kappa shape index (κ2) is 3.97. The average Bonchev–Trinajstić information content (AvgIpc) is 2.07. The molecule has 0 heterocycles. The van der Waals surface area contributed by atoms with Crippen molar-refractivity contribution >= 4 is 0 Å². The zero-order valence-electron chi connectivity index (χ0n) is 10.00. The van der Waals surface area contributed by atoms with Crippen molar-refractivity contribution in [2.24, 2.45) is 5.92 Å². The van der Waals surface area contributed by atoms with Gasteiger partial charge in [0.05, 0.1) is 27.2 Å². The standard InChI is InChI=1S/C14H22N/c1-4-10-15(2,3)11-13-7-5-6-12-8-9-14(12)13/h4-5,7,13H,1,6,8-11H2,2-3H3/q+1. The molecular formula is C14H22N+. The van der Waals surface area contributed by atoms with E-state index in [4.69, 9.17) is 0 Å². The Morgan fingerprint density at radius 2 is 2.27 bits per heavy atom. The van der Waals surface area contributed by atoms with Gasteiger partial charge in [0.15, 0.2) is 0 Å². The third-order valence-electron chi connectivity index (χ3n) is 3.64. The fourth-order valence-electron chi connectivity index (χ4n) is 2.75. The van der Waals surface area contributed by atoms with Crippen LogP contribution in [0.15, 0.2) is 36.0 Å². The van der Waals surface area contributed by atoms with E-state index in [1.54, 1.807) is 11.1 Å².